The molecule has 0 bridgehead atoms. The van der Waals surface area contributed by atoms with Crippen LogP contribution in [0.25, 0.3) is 11.3 Å². The third-order valence-electron chi connectivity index (χ3n) is 4.35. The molecule has 1 aromatic heterocycles. The Balaban J connectivity index is 2.17. The molecule has 0 saturated heterocycles. The van der Waals surface area contributed by atoms with Gasteiger partial charge >= 0.3 is 0 Å². The van der Waals surface area contributed by atoms with Gasteiger partial charge in [-0.05, 0) is 36.8 Å². The molecule has 3 aromatic rings. The third-order valence-corrected chi connectivity index (χ3v) is 5.26. The van der Waals surface area contributed by atoms with Gasteiger partial charge in [0.05, 0.1) is 32.7 Å². The van der Waals surface area contributed by atoms with E-state index in [0.29, 0.717) is 17.2 Å². The molecule has 0 unspecified atom stereocenters. The lowest BCUT2D eigenvalue weighted by Crippen LogP contribution is -2.14. The van der Waals surface area contributed by atoms with Crippen LogP contribution in [0.3, 0.4) is 0 Å². The Morgan fingerprint density at radius 2 is 1.62 bits per heavy atom. The molecule has 0 saturated carbocycles. The van der Waals surface area contributed by atoms with Crippen molar-refractivity contribution in [1.29, 1.82) is 0 Å². The standard InChI is InChI=1S/C21H22FN3O3S/c1-13(14-6-8-16(22)9-7-14)24-25-17(12-29-21(25)23-2)15-10-18(26-3)20(28-5)19(11-15)27-4/h6-12H,1-5H3. The van der Waals surface area contributed by atoms with E-state index in [0.717, 1.165) is 27.3 Å². The van der Waals surface area contributed by atoms with E-state index in [-0.39, 0.29) is 5.82 Å². The number of rotatable bonds is 6. The van der Waals surface area contributed by atoms with E-state index in [1.807, 2.05) is 24.4 Å². The van der Waals surface area contributed by atoms with Crippen molar-refractivity contribution in [2.75, 3.05) is 28.4 Å². The van der Waals surface area contributed by atoms with Gasteiger partial charge in [0.1, 0.15) is 5.82 Å². The molecule has 0 N–H and O–H groups in total. The maximum absolute atomic E-state index is 13.2. The van der Waals surface area contributed by atoms with Crippen molar-refractivity contribution < 1.29 is 18.6 Å². The summed E-state index contributed by atoms with van der Waals surface area (Å²) in [6.45, 7) is 1.87. The summed E-state index contributed by atoms with van der Waals surface area (Å²) in [5.41, 5.74) is 3.20. The molecule has 152 valence electrons. The van der Waals surface area contributed by atoms with Gasteiger partial charge in [0.15, 0.2) is 11.5 Å². The molecule has 29 heavy (non-hydrogen) atoms. The van der Waals surface area contributed by atoms with Crippen molar-refractivity contribution in [2.24, 2.45) is 10.1 Å². The third kappa shape index (κ3) is 4.17. The molecular weight excluding hydrogens is 393 g/mol. The topological polar surface area (TPSA) is 57.3 Å². The van der Waals surface area contributed by atoms with Crippen molar-refractivity contribution in [2.45, 2.75) is 6.92 Å². The summed E-state index contributed by atoms with van der Waals surface area (Å²) < 4.78 is 31.3. The Hall–Kier alpha value is -3.13. The quantitative estimate of drug-likeness (QED) is 0.568. The zero-order valence-corrected chi connectivity index (χ0v) is 17.7. The SMILES string of the molecule is CN=c1scc(-c2cc(OC)c(OC)c(OC)c2)n1N=C(C)c1ccc(F)cc1. The molecule has 1 heterocycles. The molecule has 8 heteroatoms. The number of aromatic nitrogens is 1. The smallest absolute Gasteiger partial charge is 0.205 e. The van der Waals surface area contributed by atoms with E-state index in [9.17, 15) is 4.39 Å². The van der Waals surface area contributed by atoms with Gasteiger partial charge in [0.25, 0.3) is 0 Å². The molecule has 3 rings (SSSR count). The zero-order valence-electron chi connectivity index (χ0n) is 16.9. The highest BCUT2D eigenvalue weighted by Gasteiger charge is 2.17. The average Bonchev–Trinajstić information content (AvgIpc) is 3.15. The highest BCUT2D eigenvalue weighted by Crippen LogP contribution is 2.41. The second-order valence-corrected chi connectivity index (χ2v) is 6.88. The number of thiazole rings is 1. The first-order valence-electron chi connectivity index (χ1n) is 8.77. The Morgan fingerprint density at radius 1 is 1.00 bits per heavy atom. The Bertz CT molecular complexity index is 1080. The van der Waals surface area contributed by atoms with Gasteiger partial charge in [-0.3, -0.25) is 4.99 Å². The van der Waals surface area contributed by atoms with Crippen molar-refractivity contribution in [3.8, 4) is 28.5 Å². The van der Waals surface area contributed by atoms with E-state index in [2.05, 4.69) is 4.99 Å². The predicted octanol–water partition coefficient (Wildman–Crippen LogP) is 4.18. The predicted molar refractivity (Wildman–Crippen MR) is 113 cm³/mol. The van der Waals surface area contributed by atoms with E-state index in [1.165, 1.54) is 23.5 Å². The lowest BCUT2D eigenvalue weighted by molar-refractivity contribution is 0.324. The van der Waals surface area contributed by atoms with Gasteiger partial charge in [0, 0.05) is 18.0 Å². The van der Waals surface area contributed by atoms with Crippen molar-refractivity contribution >= 4 is 17.0 Å². The molecule has 0 aliphatic heterocycles. The molecular formula is C21H22FN3O3S. The lowest BCUT2D eigenvalue weighted by Gasteiger charge is -2.14. The second-order valence-electron chi connectivity index (χ2n) is 6.05. The minimum Gasteiger partial charge on any atom is -0.493 e. The van der Waals surface area contributed by atoms with Gasteiger partial charge in [-0.1, -0.05) is 12.1 Å². The molecule has 0 aliphatic rings. The van der Waals surface area contributed by atoms with Crippen LogP contribution >= 0.6 is 11.3 Å². The molecule has 0 aliphatic carbocycles. The van der Waals surface area contributed by atoms with Crippen molar-refractivity contribution in [3.05, 3.63) is 58.0 Å². The summed E-state index contributed by atoms with van der Waals surface area (Å²) in [5, 5.41) is 6.70. The van der Waals surface area contributed by atoms with Crippen LogP contribution in [0.2, 0.25) is 0 Å². The minimum absolute atomic E-state index is 0.285. The molecule has 2 aromatic carbocycles. The largest absolute Gasteiger partial charge is 0.493 e. The first-order valence-corrected chi connectivity index (χ1v) is 9.65. The second kappa shape index (κ2) is 8.91. The highest BCUT2D eigenvalue weighted by molar-refractivity contribution is 7.07. The summed E-state index contributed by atoms with van der Waals surface area (Å²) in [4.78, 5) is 5.04. The number of ether oxygens (including phenoxy) is 3. The van der Waals surface area contributed by atoms with Crippen LogP contribution in [-0.2, 0) is 0 Å². The fourth-order valence-electron chi connectivity index (χ4n) is 2.87. The van der Waals surface area contributed by atoms with Crippen LogP contribution < -0.4 is 19.0 Å². The van der Waals surface area contributed by atoms with Gasteiger partial charge in [0.2, 0.25) is 10.6 Å². The summed E-state index contributed by atoms with van der Waals surface area (Å²) >= 11 is 1.46. The Morgan fingerprint density at radius 3 is 2.14 bits per heavy atom. The van der Waals surface area contributed by atoms with Crippen LogP contribution in [0.15, 0.2) is 51.9 Å². The average molecular weight is 415 g/mol. The summed E-state index contributed by atoms with van der Waals surface area (Å²) in [7, 11) is 6.43. The van der Waals surface area contributed by atoms with E-state index >= 15 is 0 Å². The molecule has 0 spiro atoms. The maximum Gasteiger partial charge on any atom is 0.205 e. The molecule has 0 atom stereocenters. The molecule has 0 radical (unpaired) electrons. The molecule has 0 amide bonds. The van der Waals surface area contributed by atoms with E-state index < -0.39 is 0 Å². The van der Waals surface area contributed by atoms with Crippen LogP contribution in [0, 0.1) is 5.82 Å². The van der Waals surface area contributed by atoms with Crippen LogP contribution in [0.4, 0.5) is 4.39 Å². The Kier molecular flexibility index (Phi) is 6.33. The zero-order chi connectivity index (χ0) is 21.0. The van der Waals surface area contributed by atoms with E-state index in [4.69, 9.17) is 19.3 Å². The Labute approximate surface area is 172 Å². The van der Waals surface area contributed by atoms with Gasteiger partial charge < -0.3 is 14.2 Å². The number of halogens is 1. The first kappa shape index (κ1) is 20.6. The van der Waals surface area contributed by atoms with Crippen LogP contribution in [0.5, 0.6) is 17.2 Å². The number of hydrogen-bond donors (Lipinski definition) is 0. The summed E-state index contributed by atoms with van der Waals surface area (Å²) in [6.07, 6.45) is 0. The fraction of sp³-hybridized carbons (Fsp3) is 0.238. The fourth-order valence-corrected chi connectivity index (χ4v) is 3.67. The number of methoxy groups -OCH3 is 3. The van der Waals surface area contributed by atoms with E-state index in [1.54, 1.807) is 45.2 Å². The van der Waals surface area contributed by atoms with Gasteiger partial charge in [-0.15, -0.1) is 11.3 Å². The highest BCUT2D eigenvalue weighted by atomic mass is 32.1. The minimum atomic E-state index is -0.285. The first-order chi connectivity index (χ1) is 14.0. The summed E-state index contributed by atoms with van der Waals surface area (Å²) in [6, 6.07) is 9.95. The van der Waals surface area contributed by atoms with Crippen molar-refractivity contribution in [3.63, 3.8) is 0 Å². The summed E-state index contributed by atoms with van der Waals surface area (Å²) in [5.74, 6) is 1.33. The monoisotopic (exact) mass is 415 g/mol. The molecule has 6 nitrogen and oxygen atoms in total. The van der Waals surface area contributed by atoms with Crippen LogP contribution in [-0.4, -0.2) is 38.8 Å². The number of hydrogen-bond acceptors (Lipinski definition) is 6. The van der Waals surface area contributed by atoms with Crippen molar-refractivity contribution in [1.82, 2.24) is 4.68 Å². The lowest BCUT2D eigenvalue weighted by atomic mass is 10.1. The van der Waals surface area contributed by atoms with Crippen LogP contribution in [0.1, 0.15) is 12.5 Å². The van der Waals surface area contributed by atoms with Gasteiger partial charge in [-0.2, -0.15) is 5.10 Å². The maximum atomic E-state index is 13.2. The molecule has 0 fully saturated rings. The number of nitrogens with zero attached hydrogens (tertiary/aromatic N) is 3. The number of benzene rings is 2. The normalized spacial score (nSPS) is 12.2. The van der Waals surface area contributed by atoms with Gasteiger partial charge in [-0.25, -0.2) is 9.07 Å².